The van der Waals surface area contributed by atoms with Gasteiger partial charge < -0.3 is 4.74 Å². The molecule has 158 valence electrons. The lowest BCUT2D eigenvalue weighted by molar-refractivity contribution is 0.343. The molecule has 0 bridgehead atoms. The van der Waals surface area contributed by atoms with Crippen molar-refractivity contribution in [1.29, 1.82) is 0 Å². The molecule has 2 heterocycles. The summed E-state index contributed by atoms with van der Waals surface area (Å²) in [4.78, 5) is 3.33. The lowest BCUT2D eigenvalue weighted by Gasteiger charge is -2.26. The Bertz CT molecular complexity index is 1120. The number of nitrogens with zero attached hydrogens (tertiary/aromatic N) is 2. The van der Waals surface area contributed by atoms with Gasteiger partial charge in [-0.15, -0.1) is 0 Å². The zero-order valence-electron chi connectivity index (χ0n) is 15.4. The zero-order chi connectivity index (χ0) is 21.2. The zero-order valence-corrected chi connectivity index (χ0v) is 18.6. The maximum atomic E-state index is 13.1. The van der Waals surface area contributed by atoms with Crippen LogP contribution in [0.25, 0.3) is 0 Å². The Hall–Kier alpha value is -1.59. The number of piperidine rings is 1. The number of halogens is 2. The van der Waals surface area contributed by atoms with Gasteiger partial charge in [-0.3, -0.25) is 4.72 Å². The monoisotopic (exact) mass is 479 g/mol. The van der Waals surface area contributed by atoms with E-state index in [0.717, 1.165) is 19.3 Å². The normalized spacial score (nSPS) is 15.8. The number of ether oxygens (including phenoxy) is 1. The van der Waals surface area contributed by atoms with Crippen LogP contribution in [0.3, 0.4) is 0 Å². The summed E-state index contributed by atoms with van der Waals surface area (Å²) >= 11 is 11.6. The van der Waals surface area contributed by atoms with Gasteiger partial charge in [-0.2, -0.15) is 4.31 Å². The minimum Gasteiger partial charge on any atom is -0.495 e. The van der Waals surface area contributed by atoms with Gasteiger partial charge in [0.15, 0.2) is 5.15 Å². The number of aromatic nitrogens is 1. The van der Waals surface area contributed by atoms with Crippen LogP contribution >= 0.6 is 23.2 Å². The molecule has 12 heteroatoms. The van der Waals surface area contributed by atoms with Gasteiger partial charge in [0, 0.05) is 13.1 Å². The number of pyridine rings is 1. The third-order valence-electron chi connectivity index (χ3n) is 4.42. The minimum absolute atomic E-state index is 0.0485. The second kappa shape index (κ2) is 8.65. The molecule has 0 radical (unpaired) electrons. The van der Waals surface area contributed by atoms with E-state index in [9.17, 15) is 16.8 Å². The maximum Gasteiger partial charge on any atom is 0.264 e. The average molecular weight is 480 g/mol. The molecule has 0 amide bonds. The Balaban J connectivity index is 1.98. The highest BCUT2D eigenvalue weighted by molar-refractivity contribution is 7.92. The first-order valence-corrected chi connectivity index (χ1v) is 12.4. The van der Waals surface area contributed by atoms with Crippen molar-refractivity contribution >= 4 is 48.9 Å². The molecule has 8 nitrogen and oxygen atoms in total. The molecule has 3 rings (SSSR count). The van der Waals surface area contributed by atoms with Crippen LogP contribution in [0.5, 0.6) is 5.75 Å². The number of hydrogen-bond donors (Lipinski definition) is 1. The second-order valence-corrected chi connectivity index (χ2v) is 10.7. The van der Waals surface area contributed by atoms with Gasteiger partial charge in [0.1, 0.15) is 20.7 Å². The fraction of sp³-hybridized carbons (Fsp3) is 0.353. The molecule has 0 atom stereocenters. The van der Waals surface area contributed by atoms with Crippen LogP contribution in [0.2, 0.25) is 10.3 Å². The van der Waals surface area contributed by atoms with Gasteiger partial charge in [-0.1, -0.05) is 29.6 Å². The summed E-state index contributed by atoms with van der Waals surface area (Å²) in [5.74, 6) is 0.129. The van der Waals surface area contributed by atoms with Crippen molar-refractivity contribution in [2.45, 2.75) is 29.1 Å². The molecule has 0 saturated carbocycles. The third kappa shape index (κ3) is 4.77. The van der Waals surface area contributed by atoms with E-state index in [1.54, 1.807) is 0 Å². The smallest absolute Gasteiger partial charge is 0.264 e. The van der Waals surface area contributed by atoms with Gasteiger partial charge in [0.05, 0.1) is 12.8 Å². The number of methoxy groups -OCH3 is 1. The first-order valence-electron chi connectivity index (χ1n) is 8.68. The molecule has 1 aromatic carbocycles. The molecule has 1 saturated heterocycles. The van der Waals surface area contributed by atoms with Crippen LogP contribution in [-0.2, 0) is 20.0 Å². The summed E-state index contributed by atoms with van der Waals surface area (Å²) in [5, 5.41) is -0.243. The van der Waals surface area contributed by atoms with Gasteiger partial charge in [0.25, 0.3) is 10.0 Å². The number of sulfonamides is 2. The molecule has 0 unspecified atom stereocenters. The van der Waals surface area contributed by atoms with E-state index < -0.39 is 20.0 Å². The summed E-state index contributed by atoms with van der Waals surface area (Å²) in [6.45, 7) is 0.820. The van der Waals surface area contributed by atoms with Gasteiger partial charge in [-0.05, 0) is 43.2 Å². The SMILES string of the molecule is COc1ccc(NS(=O)(=O)c2ccc(Cl)nc2Cl)cc1S(=O)(=O)N1CCCCC1. The standard InChI is InChI=1S/C17H19Cl2N3O5S2/c1-27-13-6-5-12(11-15(13)29(25,26)22-9-3-2-4-10-22)21-28(23,24)14-7-8-16(18)20-17(14)19/h5-8,11,21H,2-4,9-10H2,1H3. The molecule has 1 aromatic heterocycles. The Morgan fingerprint density at radius 3 is 2.31 bits per heavy atom. The van der Waals surface area contributed by atoms with E-state index in [0.29, 0.717) is 13.1 Å². The molecule has 0 aliphatic carbocycles. The molecule has 2 aromatic rings. The quantitative estimate of drug-likeness (QED) is 0.636. The molecule has 29 heavy (non-hydrogen) atoms. The van der Waals surface area contributed by atoms with Crippen LogP contribution < -0.4 is 9.46 Å². The predicted molar refractivity (Wildman–Crippen MR) is 111 cm³/mol. The van der Waals surface area contributed by atoms with E-state index >= 15 is 0 Å². The first-order chi connectivity index (χ1) is 13.6. The van der Waals surface area contributed by atoms with Crippen molar-refractivity contribution in [2.24, 2.45) is 0 Å². The van der Waals surface area contributed by atoms with Crippen LogP contribution in [0.1, 0.15) is 19.3 Å². The number of nitrogens with one attached hydrogen (secondary N) is 1. The van der Waals surface area contributed by atoms with E-state index in [2.05, 4.69) is 9.71 Å². The van der Waals surface area contributed by atoms with Crippen molar-refractivity contribution in [1.82, 2.24) is 9.29 Å². The predicted octanol–water partition coefficient (Wildman–Crippen LogP) is 3.37. The maximum absolute atomic E-state index is 13.1. The van der Waals surface area contributed by atoms with Gasteiger partial charge in [0.2, 0.25) is 10.0 Å². The number of hydrogen-bond acceptors (Lipinski definition) is 6. The summed E-state index contributed by atoms with van der Waals surface area (Å²) in [6.07, 6.45) is 2.52. The largest absolute Gasteiger partial charge is 0.495 e. The fourth-order valence-electron chi connectivity index (χ4n) is 3.00. The Morgan fingerprint density at radius 2 is 1.69 bits per heavy atom. The van der Waals surface area contributed by atoms with E-state index in [4.69, 9.17) is 27.9 Å². The Kier molecular flexibility index (Phi) is 6.59. The van der Waals surface area contributed by atoms with E-state index in [1.165, 1.54) is 41.7 Å². The summed E-state index contributed by atoms with van der Waals surface area (Å²) < 4.78 is 60.4. The van der Waals surface area contributed by atoms with Crippen LogP contribution in [0.15, 0.2) is 40.1 Å². The van der Waals surface area contributed by atoms with Crippen molar-refractivity contribution in [3.05, 3.63) is 40.6 Å². The molecular weight excluding hydrogens is 461 g/mol. The topological polar surface area (TPSA) is 106 Å². The number of benzene rings is 1. The highest BCUT2D eigenvalue weighted by Crippen LogP contribution is 2.32. The van der Waals surface area contributed by atoms with E-state index in [-0.39, 0.29) is 31.5 Å². The average Bonchev–Trinajstić information content (AvgIpc) is 2.68. The molecule has 1 aliphatic heterocycles. The molecule has 0 spiro atoms. The fourth-order valence-corrected chi connectivity index (χ4v) is 6.41. The number of anilines is 1. The summed E-state index contributed by atoms with van der Waals surface area (Å²) in [7, 11) is -6.61. The molecule has 1 aliphatic rings. The highest BCUT2D eigenvalue weighted by atomic mass is 35.5. The molecule has 1 fully saturated rings. The molecule has 1 N–H and O–H groups in total. The van der Waals surface area contributed by atoms with Crippen LogP contribution in [0.4, 0.5) is 5.69 Å². The Labute approximate surface area is 179 Å². The minimum atomic E-state index is -4.12. The van der Waals surface area contributed by atoms with Crippen molar-refractivity contribution in [3.8, 4) is 5.75 Å². The van der Waals surface area contributed by atoms with Crippen LogP contribution in [-0.4, -0.2) is 46.3 Å². The van der Waals surface area contributed by atoms with E-state index in [1.807, 2.05) is 0 Å². The van der Waals surface area contributed by atoms with Crippen molar-refractivity contribution in [3.63, 3.8) is 0 Å². The number of rotatable bonds is 6. The second-order valence-electron chi connectivity index (χ2n) is 6.36. The third-order valence-corrected chi connectivity index (χ3v) is 8.36. The van der Waals surface area contributed by atoms with Crippen molar-refractivity contribution in [2.75, 3.05) is 24.9 Å². The summed E-state index contributed by atoms with van der Waals surface area (Å²) in [5.41, 5.74) is 0.0485. The van der Waals surface area contributed by atoms with Gasteiger partial charge >= 0.3 is 0 Å². The highest BCUT2D eigenvalue weighted by Gasteiger charge is 2.30. The first kappa shape index (κ1) is 22.1. The summed E-state index contributed by atoms with van der Waals surface area (Å²) in [6, 6.07) is 6.55. The Morgan fingerprint density at radius 1 is 1.00 bits per heavy atom. The van der Waals surface area contributed by atoms with Crippen LogP contribution in [0, 0.1) is 0 Å². The van der Waals surface area contributed by atoms with Crippen molar-refractivity contribution < 1.29 is 21.6 Å². The lowest BCUT2D eigenvalue weighted by atomic mass is 10.2. The van der Waals surface area contributed by atoms with Gasteiger partial charge in [-0.25, -0.2) is 21.8 Å². The molecular formula is C17H19Cl2N3O5S2. The lowest BCUT2D eigenvalue weighted by Crippen LogP contribution is -2.35.